The van der Waals surface area contributed by atoms with Crippen LogP contribution in [0, 0.1) is 0 Å². The summed E-state index contributed by atoms with van der Waals surface area (Å²) < 4.78 is 16.9. The predicted molar refractivity (Wildman–Crippen MR) is 92.4 cm³/mol. The molecular weight excluding hydrogens is 318 g/mol. The van der Waals surface area contributed by atoms with Crippen LogP contribution in [0.2, 0.25) is 0 Å². The molecule has 2 heterocycles. The van der Waals surface area contributed by atoms with Crippen LogP contribution in [0.4, 0.5) is 0 Å². The Morgan fingerprint density at radius 2 is 1.80 bits per heavy atom. The third kappa shape index (κ3) is 3.49. The van der Waals surface area contributed by atoms with Crippen LogP contribution in [-0.4, -0.2) is 23.4 Å². The number of rotatable bonds is 5. The Morgan fingerprint density at radius 1 is 1.00 bits per heavy atom. The van der Waals surface area contributed by atoms with E-state index in [0.717, 1.165) is 22.6 Å². The highest BCUT2D eigenvalue weighted by Crippen LogP contribution is 2.32. The molecule has 6 nitrogen and oxygen atoms in total. The summed E-state index contributed by atoms with van der Waals surface area (Å²) in [5.41, 5.74) is 2.04. The van der Waals surface area contributed by atoms with Crippen molar-refractivity contribution in [2.24, 2.45) is 0 Å². The monoisotopic (exact) mass is 337 g/mol. The summed E-state index contributed by atoms with van der Waals surface area (Å²) in [5, 5.41) is 11.6. The minimum atomic E-state index is 0.114. The van der Waals surface area contributed by atoms with Crippen LogP contribution in [0.1, 0.15) is 24.4 Å². The number of hydrogen-bond donors (Lipinski definition) is 1. The average molecular weight is 337 g/mol. The van der Waals surface area contributed by atoms with Crippen molar-refractivity contribution < 1.29 is 13.9 Å². The Hall–Kier alpha value is -2.86. The van der Waals surface area contributed by atoms with E-state index < -0.39 is 0 Å². The molecule has 0 aliphatic carbocycles. The summed E-state index contributed by atoms with van der Waals surface area (Å²) in [5.74, 6) is 2.68. The van der Waals surface area contributed by atoms with Gasteiger partial charge in [0.05, 0.1) is 6.54 Å². The second kappa shape index (κ2) is 6.94. The third-order valence-corrected chi connectivity index (χ3v) is 4.11. The molecule has 0 unspecified atom stereocenters. The number of aromatic nitrogens is 2. The molecule has 0 bridgehead atoms. The zero-order valence-electron chi connectivity index (χ0n) is 13.9. The van der Waals surface area contributed by atoms with E-state index in [-0.39, 0.29) is 6.04 Å². The van der Waals surface area contributed by atoms with E-state index >= 15 is 0 Å². The molecule has 0 spiro atoms. The maximum absolute atomic E-state index is 5.72. The molecule has 0 radical (unpaired) electrons. The number of fused-ring (bicyclic) bond motifs is 1. The van der Waals surface area contributed by atoms with E-state index in [2.05, 4.69) is 22.4 Å². The molecule has 6 heteroatoms. The second-order valence-electron chi connectivity index (χ2n) is 5.87. The second-order valence-corrected chi connectivity index (χ2v) is 5.87. The molecule has 1 N–H and O–H groups in total. The van der Waals surface area contributed by atoms with Crippen molar-refractivity contribution in [1.82, 2.24) is 15.5 Å². The summed E-state index contributed by atoms with van der Waals surface area (Å²) in [6.45, 7) is 3.76. The highest BCUT2D eigenvalue weighted by molar-refractivity contribution is 5.51. The molecule has 0 saturated carbocycles. The van der Waals surface area contributed by atoms with E-state index in [4.69, 9.17) is 13.9 Å². The Kier molecular flexibility index (Phi) is 4.35. The zero-order chi connectivity index (χ0) is 17.1. The lowest BCUT2D eigenvalue weighted by Crippen LogP contribution is -2.19. The molecule has 1 atom stereocenters. The van der Waals surface area contributed by atoms with Crippen molar-refractivity contribution >= 4 is 0 Å². The Labute approximate surface area is 145 Å². The largest absolute Gasteiger partial charge is 0.486 e. The number of nitrogens with zero attached hydrogens (tertiary/aromatic N) is 2. The van der Waals surface area contributed by atoms with Gasteiger partial charge < -0.3 is 19.2 Å². The molecule has 2 aromatic carbocycles. The number of nitrogens with one attached hydrogen (secondary N) is 1. The highest BCUT2D eigenvalue weighted by Gasteiger charge is 2.15. The Balaban J connectivity index is 1.40. The first-order valence-electron chi connectivity index (χ1n) is 8.30. The summed E-state index contributed by atoms with van der Waals surface area (Å²) in [4.78, 5) is 0. The van der Waals surface area contributed by atoms with Gasteiger partial charge in [0.25, 0.3) is 0 Å². The van der Waals surface area contributed by atoms with E-state index in [1.807, 2.05) is 48.5 Å². The summed E-state index contributed by atoms with van der Waals surface area (Å²) in [6, 6.07) is 15.8. The van der Waals surface area contributed by atoms with Gasteiger partial charge in [0.15, 0.2) is 11.5 Å². The molecule has 0 fully saturated rings. The van der Waals surface area contributed by atoms with E-state index in [0.29, 0.717) is 31.5 Å². The van der Waals surface area contributed by atoms with Gasteiger partial charge in [-0.3, -0.25) is 0 Å². The third-order valence-electron chi connectivity index (χ3n) is 4.11. The van der Waals surface area contributed by atoms with Crippen LogP contribution in [0.25, 0.3) is 11.5 Å². The van der Waals surface area contributed by atoms with Gasteiger partial charge >= 0.3 is 0 Å². The van der Waals surface area contributed by atoms with Gasteiger partial charge in [-0.2, -0.15) is 0 Å². The molecule has 1 aliphatic rings. The van der Waals surface area contributed by atoms with Gasteiger partial charge in [-0.1, -0.05) is 24.3 Å². The maximum Gasteiger partial charge on any atom is 0.247 e. The van der Waals surface area contributed by atoms with Crippen LogP contribution >= 0.6 is 0 Å². The molecule has 4 rings (SSSR count). The maximum atomic E-state index is 5.72. The minimum Gasteiger partial charge on any atom is -0.486 e. The molecule has 0 amide bonds. The quantitative estimate of drug-likeness (QED) is 0.770. The van der Waals surface area contributed by atoms with Crippen molar-refractivity contribution in [2.45, 2.75) is 19.5 Å². The fourth-order valence-corrected chi connectivity index (χ4v) is 2.71. The van der Waals surface area contributed by atoms with E-state index in [1.165, 1.54) is 0 Å². The standard InChI is InChI=1S/C19H19N3O3/c1-13(15-7-8-16-17(11-15)24-10-9-23-16)20-12-18-21-22-19(25-18)14-5-3-2-4-6-14/h2-8,11,13,20H,9-10,12H2,1H3/t13-/m0/s1. The van der Waals surface area contributed by atoms with Crippen molar-refractivity contribution in [2.75, 3.05) is 13.2 Å². The summed E-state index contributed by atoms with van der Waals surface area (Å²) in [7, 11) is 0. The van der Waals surface area contributed by atoms with Crippen LogP contribution in [0.3, 0.4) is 0 Å². The predicted octanol–water partition coefficient (Wildman–Crippen LogP) is 3.36. The normalized spacial score (nSPS) is 14.3. The summed E-state index contributed by atoms with van der Waals surface area (Å²) >= 11 is 0. The molecule has 0 saturated heterocycles. The zero-order valence-corrected chi connectivity index (χ0v) is 13.9. The van der Waals surface area contributed by atoms with Crippen LogP contribution in [-0.2, 0) is 6.54 Å². The number of ether oxygens (including phenoxy) is 2. The first-order valence-corrected chi connectivity index (χ1v) is 8.30. The average Bonchev–Trinajstić information content (AvgIpc) is 3.15. The lowest BCUT2D eigenvalue weighted by Gasteiger charge is -2.20. The highest BCUT2D eigenvalue weighted by atomic mass is 16.6. The smallest absolute Gasteiger partial charge is 0.247 e. The molecule has 1 aliphatic heterocycles. The van der Waals surface area contributed by atoms with Crippen LogP contribution in [0.15, 0.2) is 52.9 Å². The van der Waals surface area contributed by atoms with Gasteiger partial charge in [0.1, 0.15) is 13.2 Å². The fourth-order valence-electron chi connectivity index (χ4n) is 2.71. The molecule has 128 valence electrons. The topological polar surface area (TPSA) is 69.4 Å². The van der Waals surface area contributed by atoms with Crippen LogP contribution in [0.5, 0.6) is 11.5 Å². The SMILES string of the molecule is C[C@H](NCc1nnc(-c2ccccc2)o1)c1ccc2c(c1)OCCO2. The van der Waals surface area contributed by atoms with Crippen molar-refractivity contribution in [1.29, 1.82) is 0 Å². The van der Waals surface area contributed by atoms with Crippen molar-refractivity contribution in [3.8, 4) is 23.0 Å². The molecule has 3 aromatic rings. The van der Waals surface area contributed by atoms with Crippen LogP contribution < -0.4 is 14.8 Å². The van der Waals surface area contributed by atoms with Gasteiger partial charge in [0, 0.05) is 11.6 Å². The molecular formula is C19H19N3O3. The first-order chi connectivity index (χ1) is 12.3. The Bertz CT molecular complexity index is 848. The van der Waals surface area contributed by atoms with E-state index in [1.54, 1.807) is 0 Å². The minimum absolute atomic E-state index is 0.114. The number of hydrogen-bond acceptors (Lipinski definition) is 6. The van der Waals surface area contributed by atoms with E-state index in [9.17, 15) is 0 Å². The van der Waals surface area contributed by atoms with Gasteiger partial charge in [-0.25, -0.2) is 0 Å². The van der Waals surface area contributed by atoms with Crippen molar-refractivity contribution in [3.05, 3.63) is 60.0 Å². The first kappa shape index (κ1) is 15.7. The van der Waals surface area contributed by atoms with Crippen molar-refractivity contribution in [3.63, 3.8) is 0 Å². The Morgan fingerprint density at radius 3 is 2.64 bits per heavy atom. The van der Waals surface area contributed by atoms with Gasteiger partial charge in [-0.05, 0) is 36.8 Å². The van der Waals surface area contributed by atoms with Gasteiger partial charge in [0.2, 0.25) is 11.8 Å². The lowest BCUT2D eigenvalue weighted by molar-refractivity contribution is 0.171. The molecule has 1 aromatic heterocycles. The fraction of sp³-hybridized carbons (Fsp3) is 0.263. The van der Waals surface area contributed by atoms with Gasteiger partial charge in [-0.15, -0.1) is 10.2 Å². The summed E-state index contributed by atoms with van der Waals surface area (Å²) in [6.07, 6.45) is 0. The number of benzene rings is 2. The lowest BCUT2D eigenvalue weighted by atomic mass is 10.1. The molecule has 25 heavy (non-hydrogen) atoms.